The van der Waals surface area contributed by atoms with Gasteiger partial charge in [0, 0.05) is 43.0 Å². The normalized spacial score (nSPS) is 16.4. The molecular formula is C23H20F6N2O3S2. The van der Waals surface area contributed by atoms with E-state index in [2.05, 4.69) is 0 Å². The zero-order valence-electron chi connectivity index (χ0n) is 18.4. The van der Waals surface area contributed by atoms with Crippen LogP contribution < -0.4 is 4.90 Å². The van der Waals surface area contributed by atoms with Crippen LogP contribution in [0.25, 0.3) is 11.1 Å². The zero-order valence-corrected chi connectivity index (χ0v) is 20.1. The van der Waals surface area contributed by atoms with Crippen LogP contribution in [-0.2, 0) is 15.6 Å². The van der Waals surface area contributed by atoms with E-state index in [0.29, 0.717) is 23.4 Å². The summed E-state index contributed by atoms with van der Waals surface area (Å²) in [5.41, 5.74) is -5.70. The van der Waals surface area contributed by atoms with Crippen molar-refractivity contribution in [3.63, 3.8) is 0 Å². The highest BCUT2D eigenvalue weighted by molar-refractivity contribution is 7.91. The number of hydrogen-bond acceptors (Lipinski definition) is 5. The minimum Gasteiger partial charge on any atom is -0.369 e. The third-order valence-electron chi connectivity index (χ3n) is 5.99. The van der Waals surface area contributed by atoms with Gasteiger partial charge in [0.1, 0.15) is 4.21 Å². The van der Waals surface area contributed by atoms with Crippen molar-refractivity contribution in [3.8, 4) is 11.1 Å². The Hall–Kier alpha value is -2.61. The third-order valence-corrected chi connectivity index (χ3v) is 9.26. The molecular weight excluding hydrogens is 530 g/mol. The molecule has 1 fully saturated rings. The maximum Gasteiger partial charge on any atom is 0.430 e. The van der Waals surface area contributed by atoms with Gasteiger partial charge in [0.15, 0.2) is 0 Å². The second-order valence-electron chi connectivity index (χ2n) is 8.13. The van der Waals surface area contributed by atoms with Crippen LogP contribution in [-0.4, -0.2) is 56.4 Å². The van der Waals surface area contributed by atoms with Gasteiger partial charge >= 0.3 is 12.4 Å². The monoisotopic (exact) mass is 550 g/mol. The van der Waals surface area contributed by atoms with E-state index in [0.717, 1.165) is 17.4 Å². The Morgan fingerprint density at radius 3 is 1.94 bits per heavy atom. The van der Waals surface area contributed by atoms with E-state index in [1.165, 1.54) is 22.5 Å². The number of nitrogens with zero attached hydrogens (tertiary/aromatic N) is 2. The van der Waals surface area contributed by atoms with E-state index in [-0.39, 0.29) is 36.0 Å². The van der Waals surface area contributed by atoms with Gasteiger partial charge < -0.3 is 10.0 Å². The van der Waals surface area contributed by atoms with Crippen molar-refractivity contribution in [3.05, 3.63) is 71.6 Å². The summed E-state index contributed by atoms with van der Waals surface area (Å²) in [6.07, 6.45) is -12.0. The largest absolute Gasteiger partial charge is 0.430 e. The van der Waals surface area contributed by atoms with Gasteiger partial charge in [-0.25, -0.2) is 8.42 Å². The molecule has 0 radical (unpaired) electrons. The lowest BCUT2D eigenvalue weighted by atomic mass is 9.88. The number of aliphatic hydroxyl groups is 1. The number of thiophene rings is 1. The fourth-order valence-electron chi connectivity index (χ4n) is 4.08. The maximum atomic E-state index is 13.5. The van der Waals surface area contributed by atoms with Gasteiger partial charge in [-0.15, -0.1) is 11.3 Å². The first-order valence-electron chi connectivity index (χ1n) is 10.6. The Morgan fingerprint density at radius 1 is 0.806 bits per heavy atom. The Kier molecular flexibility index (Phi) is 6.88. The van der Waals surface area contributed by atoms with Crippen LogP contribution in [0.4, 0.5) is 32.0 Å². The van der Waals surface area contributed by atoms with Crippen molar-refractivity contribution >= 4 is 27.0 Å². The van der Waals surface area contributed by atoms with Crippen LogP contribution in [0.5, 0.6) is 0 Å². The lowest BCUT2D eigenvalue weighted by Gasteiger charge is -2.37. The summed E-state index contributed by atoms with van der Waals surface area (Å²) in [6.45, 7) is 0.468. The maximum absolute atomic E-state index is 13.5. The van der Waals surface area contributed by atoms with E-state index in [9.17, 15) is 39.9 Å². The molecule has 1 aromatic heterocycles. The number of anilines is 1. The predicted molar refractivity (Wildman–Crippen MR) is 123 cm³/mol. The number of hydrogen-bond donors (Lipinski definition) is 1. The molecule has 2 heterocycles. The van der Waals surface area contributed by atoms with Crippen molar-refractivity contribution in [2.45, 2.75) is 22.2 Å². The highest BCUT2D eigenvalue weighted by Crippen LogP contribution is 2.51. The van der Waals surface area contributed by atoms with Gasteiger partial charge in [0.2, 0.25) is 0 Å². The minimum absolute atomic E-state index is 0.0505. The van der Waals surface area contributed by atoms with Crippen LogP contribution in [0, 0.1) is 0 Å². The second kappa shape index (κ2) is 9.36. The van der Waals surface area contributed by atoms with Crippen molar-refractivity contribution in [1.29, 1.82) is 0 Å². The molecule has 0 aliphatic carbocycles. The van der Waals surface area contributed by atoms with Crippen LogP contribution in [0.3, 0.4) is 0 Å². The Balaban J connectivity index is 1.72. The fourth-order valence-corrected chi connectivity index (χ4v) is 6.65. The van der Waals surface area contributed by atoms with Gasteiger partial charge in [0.25, 0.3) is 15.6 Å². The topological polar surface area (TPSA) is 60.9 Å². The van der Waals surface area contributed by atoms with Crippen LogP contribution in [0.1, 0.15) is 5.56 Å². The lowest BCUT2D eigenvalue weighted by molar-refractivity contribution is -0.376. The molecule has 0 saturated carbocycles. The van der Waals surface area contributed by atoms with Gasteiger partial charge in [-0.05, 0) is 29.1 Å². The number of rotatable bonds is 5. The van der Waals surface area contributed by atoms with E-state index in [1.807, 2.05) is 0 Å². The first kappa shape index (κ1) is 26.5. The van der Waals surface area contributed by atoms with Crippen molar-refractivity contribution in [1.82, 2.24) is 4.31 Å². The molecule has 4 rings (SSSR count). The molecule has 0 spiro atoms. The first-order valence-corrected chi connectivity index (χ1v) is 12.9. The van der Waals surface area contributed by atoms with Crippen LogP contribution in [0.15, 0.2) is 70.3 Å². The predicted octanol–water partition coefficient (Wildman–Crippen LogP) is 5.24. The molecule has 3 aromatic rings. The molecule has 1 aliphatic heterocycles. The Morgan fingerprint density at radius 2 is 1.42 bits per heavy atom. The number of halogens is 6. The standard InChI is InChI=1S/C23H20F6N2O3S2/c24-22(25,26)21(32,23(27,28)29)17-8-9-19(18(15-17)16-5-2-1-3-6-16)30-10-12-31(13-11-30)36(33,34)20-7-4-14-35-20/h1-9,14-15,32H,10-13H2. The number of alkyl halides is 6. The summed E-state index contributed by atoms with van der Waals surface area (Å²) in [5, 5.41) is 11.5. The van der Waals surface area contributed by atoms with Gasteiger partial charge in [-0.1, -0.05) is 42.5 Å². The molecule has 0 bridgehead atoms. The molecule has 1 saturated heterocycles. The summed E-state index contributed by atoms with van der Waals surface area (Å²) in [6, 6.07) is 13.4. The van der Waals surface area contributed by atoms with Crippen molar-refractivity contribution in [2.24, 2.45) is 0 Å². The Bertz CT molecular complexity index is 1290. The smallest absolute Gasteiger partial charge is 0.369 e. The molecule has 0 unspecified atom stereocenters. The average Bonchev–Trinajstić information content (AvgIpc) is 3.38. The molecule has 13 heteroatoms. The van der Waals surface area contributed by atoms with Crippen molar-refractivity contribution in [2.75, 3.05) is 31.1 Å². The second-order valence-corrected chi connectivity index (χ2v) is 11.2. The average molecular weight is 551 g/mol. The lowest BCUT2D eigenvalue weighted by Crippen LogP contribution is -2.54. The van der Waals surface area contributed by atoms with E-state index in [4.69, 9.17) is 0 Å². The third kappa shape index (κ3) is 4.60. The van der Waals surface area contributed by atoms with Gasteiger partial charge in [-0.3, -0.25) is 0 Å². The molecule has 194 valence electrons. The molecule has 0 atom stereocenters. The molecule has 36 heavy (non-hydrogen) atoms. The SMILES string of the molecule is O=S(=O)(c1cccs1)N1CCN(c2ccc(C(O)(C(F)(F)F)C(F)(F)F)cc2-c2ccccc2)CC1. The van der Waals surface area contributed by atoms with Gasteiger partial charge in [-0.2, -0.15) is 30.6 Å². The molecule has 5 nitrogen and oxygen atoms in total. The number of benzene rings is 2. The molecule has 1 aliphatic rings. The highest BCUT2D eigenvalue weighted by atomic mass is 32.2. The molecule has 0 amide bonds. The quantitative estimate of drug-likeness (QED) is 0.442. The van der Waals surface area contributed by atoms with Crippen molar-refractivity contribution < 1.29 is 39.9 Å². The number of piperazine rings is 1. The summed E-state index contributed by atoms with van der Waals surface area (Å²) in [4.78, 5) is 1.70. The van der Waals surface area contributed by atoms with E-state index in [1.54, 1.807) is 34.5 Å². The van der Waals surface area contributed by atoms with Crippen LogP contribution >= 0.6 is 11.3 Å². The minimum atomic E-state index is -6.01. The van der Waals surface area contributed by atoms with E-state index < -0.39 is 33.5 Å². The number of sulfonamides is 1. The fraction of sp³-hybridized carbons (Fsp3) is 0.304. The molecule has 2 aromatic carbocycles. The van der Waals surface area contributed by atoms with Crippen LogP contribution in [0.2, 0.25) is 0 Å². The molecule has 1 N–H and O–H groups in total. The summed E-state index contributed by atoms with van der Waals surface area (Å²) >= 11 is 1.08. The van der Waals surface area contributed by atoms with Gasteiger partial charge in [0.05, 0.1) is 0 Å². The summed E-state index contributed by atoms with van der Waals surface area (Å²) < 4.78 is 108. The summed E-state index contributed by atoms with van der Waals surface area (Å²) in [5.74, 6) is 0. The first-order chi connectivity index (χ1) is 16.8. The highest BCUT2D eigenvalue weighted by Gasteiger charge is 2.71. The zero-order chi connectivity index (χ0) is 26.4. The summed E-state index contributed by atoms with van der Waals surface area (Å²) in [7, 11) is -3.70. The Labute approximate surface area is 207 Å². The van der Waals surface area contributed by atoms with E-state index >= 15 is 0 Å².